The third kappa shape index (κ3) is 4.83. The number of ether oxygens (including phenoxy) is 1. The number of halogens is 3. The zero-order chi connectivity index (χ0) is 17.7. The lowest BCUT2D eigenvalue weighted by Crippen LogP contribution is -2.44. The summed E-state index contributed by atoms with van der Waals surface area (Å²) in [6.45, 7) is 3.13. The maximum absolute atomic E-state index is 12.8. The Labute approximate surface area is 144 Å². The molecule has 0 bridgehead atoms. The molecule has 0 aromatic heterocycles. The molecule has 1 atom stereocenters. The van der Waals surface area contributed by atoms with Gasteiger partial charge >= 0.3 is 12.1 Å². The van der Waals surface area contributed by atoms with Crippen molar-refractivity contribution in [3.63, 3.8) is 0 Å². The van der Waals surface area contributed by atoms with Crippen LogP contribution in [0.15, 0.2) is 24.3 Å². The first-order valence-electron chi connectivity index (χ1n) is 7.71. The van der Waals surface area contributed by atoms with Gasteiger partial charge in [0.05, 0.1) is 18.1 Å². The Bertz CT molecular complexity index is 607. The van der Waals surface area contributed by atoms with E-state index in [9.17, 15) is 18.0 Å². The lowest BCUT2D eigenvalue weighted by Gasteiger charge is -2.33. The number of esters is 1. The van der Waals surface area contributed by atoms with Crippen LogP contribution >= 0.6 is 12.2 Å². The molecule has 1 saturated heterocycles. The first-order chi connectivity index (χ1) is 11.3. The normalized spacial score (nSPS) is 18.2. The van der Waals surface area contributed by atoms with Crippen molar-refractivity contribution in [3.05, 3.63) is 29.8 Å². The standard InChI is InChI=1S/C16H19F3N2O2S/c1-2-23-14(22)11-5-4-8-21(10-11)15(24)20-13-7-3-6-12(9-13)16(17,18)19/h3,6-7,9,11H,2,4-5,8,10H2,1H3,(H,20,24). The second-order valence-corrected chi connectivity index (χ2v) is 5.93. The fourth-order valence-electron chi connectivity index (χ4n) is 2.59. The number of hydrogen-bond acceptors (Lipinski definition) is 3. The second-order valence-electron chi connectivity index (χ2n) is 5.55. The van der Waals surface area contributed by atoms with Gasteiger partial charge in [-0.15, -0.1) is 0 Å². The number of anilines is 1. The number of piperidine rings is 1. The lowest BCUT2D eigenvalue weighted by molar-refractivity contribution is -0.149. The van der Waals surface area contributed by atoms with Gasteiger partial charge in [0.2, 0.25) is 0 Å². The summed E-state index contributed by atoms with van der Waals surface area (Å²) >= 11 is 5.28. The molecular formula is C16H19F3N2O2S. The number of nitrogens with one attached hydrogen (secondary N) is 1. The minimum Gasteiger partial charge on any atom is -0.466 e. The summed E-state index contributed by atoms with van der Waals surface area (Å²) in [5.74, 6) is -0.524. The third-order valence-electron chi connectivity index (χ3n) is 3.77. The van der Waals surface area contributed by atoms with Gasteiger partial charge in [-0.3, -0.25) is 4.79 Å². The molecule has 0 saturated carbocycles. The first kappa shape index (κ1) is 18.5. The molecule has 2 rings (SSSR count). The van der Waals surface area contributed by atoms with Gasteiger partial charge in [0.15, 0.2) is 5.11 Å². The van der Waals surface area contributed by atoms with Crippen LogP contribution in [-0.4, -0.2) is 35.7 Å². The number of benzene rings is 1. The summed E-state index contributed by atoms with van der Waals surface area (Å²) in [6, 6.07) is 4.87. The van der Waals surface area contributed by atoms with Crippen LogP contribution in [0.2, 0.25) is 0 Å². The number of likely N-dealkylation sites (tertiary alicyclic amines) is 1. The molecule has 1 aromatic carbocycles. The molecule has 0 spiro atoms. The fraction of sp³-hybridized carbons (Fsp3) is 0.500. The number of nitrogens with zero attached hydrogens (tertiary/aromatic N) is 1. The van der Waals surface area contributed by atoms with Gasteiger partial charge in [-0.05, 0) is 50.2 Å². The maximum atomic E-state index is 12.8. The van der Waals surface area contributed by atoms with E-state index < -0.39 is 11.7 Å². The van der Waals surface area contributed by atoms with Crippen LogP contribution in [0.3, 0.4) is 0 Å². The van der Waals surface area contributed by atoms with E-state index in [-0.39, 0.29) is 17.6 Å². The van der Waals surface area contributed by atoms with Gasteiger partial charge in [0.25, 0.3) is 0 Å². The zero-order valence-electron chi connectivity index (χ0n) is 13.2. The highest BCUT2D eigenvalue weighted by atomic mass is 32.1. The molecule has 1 heterocycles. The topological polar surface area (TPSA) is 41.6 Å². The van der Waals surface area contributed by atoms with Crippen LogP contribution in [0.5, 0.6) is 0 Å². The number of thiocarbonyl (C=S) groups is 1. The Balaban J connectivity index is 2.00. The van der Waals surface area contributed by atoms with E-state index in [0.29, 0.717) is 24.8 Å². The monoisotopic (exact) mass is 360 g/mol. The van der Waals surface area contributed by atoms with Crippen molar-refractivity contribution < 1.29 is 22.7 Å². The van der Waals surface area contributed by atoms with Crippen LogP contribution < -0.4 is 5.32 Å². The van der Waals surface area contributed by atoms with Crippen molar-refractivity contribution in [1.82, 2.24) is 4.90 Å². The predicted molar refractivity (Wildman–Crippen MR) is 88.6 cm³/mol. The van der Waals surface area contributed by atoms with Crippen molar-refractivity contribution >= 4 is 29.0 Å². The quantitative estimate of drug-likeness (QED) is 0.658. The van der Waals surface area contributed by atoms with E-state index in [1.807, 2.05) is 0 Å². The molecule has 1 aliphatic rings. The van der Waals surface area contributed by atoms with Gasteiger partial charge < -0.3 is 15.0 Å². The molecule has 1 aliphatic heterocycles. The SMILES string of the molecule is CCOC(=O)C1CCCN(C(=S)Nc2cccc(C(F)(F)F)c2)C1. The van der Waals surface area contributed by atoms with Gasteiger partial charge in [-0.25, -0.2) is 0 Å². The summed E-state index contributed by atoms with van der Waals surface area (Å²) in [7, 11) is 0. The van der Waals surface area contributed by atoms with E-state index in [1.54, 1.807) is 11.8 Å². The molecule has 1 unspecified atom stereocenters. The highest BCUT2D eigenvalue weighted by Gasteiger charge is 2.31. The zero-order valence-corrected chi connectivity index (χ0v) is 14.0. The number of alkyl halides is 3. The molecule has 1 aromatic rings. The first-order valence-corrected chi connectivity index (χ1v) is 8.12. The van der Waals surface area contributed by atoms with Gasteiger partial charge in [-0.1, -0.05) is 6.07 Å². The third-order valence-corrected chi connectivity index (χ3v) is 4.13. The predicted octanol–water partition coefficient (Wildman–Crippen LogP) is 3.68. The van der Waals surface area contributed by atoms with Gasteiger partial charge in [-0.2, -0.15) is 13.2 Å². The molecule has 0 radical (unpaired) electrons. The second kappa shape index (κ2) is 7.83. The molecule has 1 N–H and O–H groups in total. The van der Waals surface area contributed by atoms with E-state index >= 15 is 0 Å². The summed E-state index contributed by atoms with van der Waals surface area (Å²) in [4.78, 5) is 13.6. The van der Waals surface area contributed by atoms with E-state index in [1.165, 1.54) is 12.1 Å². The molecule has 24 heavy (non-hydrogen) atoms. The molecular weight excluding hydrogens is 341 g/mol. The summed E-state index contributed by atoms with van der Waals surface area (Å²) < 4.78 is 43.3. The van der Waals surface area contributed by atoms with Crippen molar-refractivity contribution in [2.75, 3.05) is 25.0 Å². The Kier molecular flexibility index (Phi) is 6.04. The van der Waals surface area contributed by atoms with Crippen LogP contribution in [0.25, 0.3) is 0 Å². The van der Waals surface area contributed by atoms with Crippen LogP contribution in [0.4, 0.5) is 18.9 Å². The Morgan fingerprint density at radius 2 is 2.21 bits per heavy atom. The highest BCUT2D eigenvalue weighted by Crippen LogP contribution is 2.30. The Morgan fingerprint density at radius 3 is 2.88 bits per heavy atom. The van der Waals surface area contributed by atoms with E-state index in [2.05, 4.69) is 5.32 Å². The summed E-state index contributed by atoms with van der Waals surface area (Å²) in [5, 5.41) is 3.13. The molecule has 0 amide bonds. The fourth-order valence-corrected chi connectivity index (χ4v) is 2.87. The van der Waals surface area contributed by atoms with E-state index in [0.717, 1.165) is 25.0 Å². The largest absolute Gasteiger partial charge is 0.466 e. The van der Waals surface area contributed by atoms with Crippen LogP contribution in [-0.2, 0) is 15.7 Å². The van der Waals surface area contributed by atoms with Crippen molar-refractivity contribution in [2.24, 2.45) is 5.92 Å². The smallest absolute Gasteiger partial charge is 0.416 e. The Hall–Kier alpha value is -1.83. The lowest BCUT2D eigenvalue weighted by atomic mass is 9.98. The molecule has 132 valence electrons. The van der Waals surface area contributed by atoms with Crippen LogP contribution in [0, 0.1) is 5.92 Å². The van der Waals surface area contributed by atoms with Crippen LogP contribution in [0.1, 0.15) is 25.3 Å². The summed E-state index contributed by atoms with van der Waals surface area (Å²) in [6.07, 6.45) is -2.91. The number of hydrogen-bond donors (Lipinski definition) is 1. The molecule has 1 fully saturated rings. The van der Waals surface area contributed by atoms with E-state index in [4.69, 9.17) is 17.0 Å². The minimum atomic E-state index is -4.40. The van der Waals surface area contributed by atoms with Gasteiger partial charge in [0.1, 0.15) is 0 Å². The average molecular weight is 360 g/mol. The minimum absolute atomic E-state index is 0.260. The van der Waals surface area contributed by atoms with Crippen molar-refractivity contribution in [2.45, 2.75) is 25.9 Å². The number of carbonyl (C=O) groups is 1. The number of rotatable bonds is 3. The molecule has 4 nitrogen and oxygen atoms in total. The average Bonchev–Trinajstić information content (AvgIpc) is 2.54. The maximum Gasteiger partial charge on any atom is 0.416 e. The molecule has 8 heteroatoms. The summed E-state index contributed by atoms with van der Waals surface area (Å²) in [5.41, 5.74) is -0.466. The van der Waals surface area contributed by atoms with Crippen molar-refractivity contribution in [1.29, 1.82) is 0 Å². The van der Waals surface area contributed by atoms with Gasteiger partial charge in [0, 0.05) is 18.8 Å². The Morgan fingerprint density at radius 1 is 1.46 bits per heavy atom. The molecule has 0 aliphatic carbocycles. The number of carbonyl (C=O) groups excluding carboxylic acids is 1. The van der Waals surface area contributed by atoms with Crippen molar-refractivity contribution in [3.8, 4) is 0 Å². The highest BCUT2D eigenvalue weighted by molar-refractivity contribution is 7.80.